The lowest BCUT2D eigenvalue weighted by Gasteiger charge is -1.88. The number of nitrogens with one attached hydrogen (secondary N) is 1. The summed E-state index contributed by atoms with van der Waals surface area (Å²) in [7, 11) is 0. The lowest BCUT2D eigenvalue weighted by atomic mass is 10.4. The molecule has 0 amide bonds. The van der Waals surface area contributed by atoms with E-state index >= 15 is 0 Å². The fraction of sp³-hybridized carbons (Fsp3) is 0.167. The third kappa shape index (κ3) is 0.937. The predicted molar refractivity (Wildman–Crippen MR) is 33.0 cm³/mol. The molecule has 48 valence electrons. The maximum absolute atomic E-state index is 6.80. The number of hydrogen-bond donors (Lipinski definition) is 1. The van der Waals surface area contributed by atoms with Crippen molar-refractivity contribution in [3.8, 4) is 0 Å². The van der Waals surface area contributed by atoms with E-state index in [4.69, 9.17) is 14.9 Å². The Balaban J connectivity index is 2.81. The van der Waals surface area contributed by atoms with Gasteiger partial charge in [-0.2, -0.15) is 0 Å². The molecule has 0 unspecified atom stereocenters. The Labute approximate surface area is 53.1 Å². The van der Waals surface area contributed by atoms with Crippen molar-refractivity contribution in [2.75, 3.05) is 6.79 Å². The van der Waals surface area contributed by atoms with Crippen molar-refractivity contribution in [2.45, 2.75) is 0 Å². The molecule has 1 aliphatic heterocycles. The fourth-order valence-corrected chi connectivity index (χ4v) is 0.571. The number of allylic oxidation sites excluding steroid dienone is 2. The van der Waals surface area contributed by atoms with Gasteiger partial charge in [0.25, 0.3) is 0 Å². The van der Waals surface area contributed by atoms with E-state index in [1.165, 1.54) is 6.08 Å². The van der Waals surface area contributed by atoms with E-state index in [1.807, 2.05) is 0 Å². The zero-order chi connectivity index (χ0) is 6.69. The van der Waals surface area contributed by atoms with Crippen LogP contribution in [0.25, 0.3) is 0 Å². The highest BCUT2D eigenvalue weighted by Gasteiger charge is 2.10. The molecule has 0 aromatic rings. The molecule has 0 atom stereocenters. The van der Waals surface area contributed by atoms with Crippen LogP contribution in [0.4, 0.5) is 0 Å². The van der Waals surface area contributed by atoms with Crippen LogP contribution in [-0.2, 0) is 9.47 Å². The van der Waals surface area contributed by atoms with Gasteiger partial charge in [-0.25, -0.2) is 0 Å². The molecule has 0 saturated heterocycles. The Hall–Kier alpha value is -1.25. The van der Waals surface area contributed by atoms with Gasteiger partial charge in [0, 0.05) is 0 Å². The molecule has 1 rings (SSSR count). The molecule has 3 nitrogen and oxygen atoms in total. The summed E-state index contributed by atoms with van der Waals surface area (Å²) >= 11 is 0. The molecule has 0 fully saturated rings. The molecule has 0 aromatic heterocycles. The molecule has 0 radical (unpaired) electrons. The zero-order valence-electron chi connectivity index (χ0n) is 4.89. The normalized spacial score (nSPS) is 16.4. The molecule has 0 bridgehead atoms. The molecule has 0 spiro atoms. The molecule has 0 saturated carbocycles. The van der Waals surface area contributed by atoms with Gasteiger partial charge in [0.2, 0.25) is 6.79 Å². The van der Waals surface area contributed by atoms with Crippen LogP contribution in [0.5, 0.6) is 0 Å². The summed E-state index contributed by atoms with van der Waals surface area (Å²) in [6.45, 7) is 3.68. The van der Waals surface area contributed by atoms with Crippen molar-refractivity contribution in [2.24, 2.45) is 0 Å². The second-order valence-corrected chi connectivity index (χ2v) is 1.48. The van der Waals surface area contributed by atoms with E-state index < -0.39 is 0 Å². The van der Waals surface area contributed by atoms with Crippen LogP contribution < -0.4 is 0 Å². The van der Waals surface area contributed by atoms with Crippen molar-refractivity contribution in [3.63, 3.8) is 0 Å². The van der Waals surface area contributed by atoms with Gasteiger partial charge in [-0.05, 0) is 6.08 Å². The van der Waals surface area contributed by atoms with Gasteiger partial charge in [0.05, 0.1) is 6.21 Å². The summed E-state index contributed by atoms with van der Waals surface area (Å²) in [5.41, 5.74) is 0. The smallest absolute Gasteiger partial charge is 0.231 e. The topological polar surface area (TPSA) is 42.3 Å². The van der Waals surface area contributed by atoms with Crippen molar-refractivity contribution in [1.29, 1.82) is 5.41 Å². The Kier molecular flexibility index (Phi) is 1.53. The van der Waals surface area contributed by atoms with Gasteiger partial charge in [-0.1, -0.05) is 6.58 Å². The summed E-state index contributed by atoms with van der Waals surface area (Å²) in [5, 5.41) is 6.80. The van der Waals surface area contributed by atoms with Crippen molar-refractivity contribution in [3.05, 3.63) is 24.2 Å². The van der Waals surface area contributed by atoms with Crippen LogP contribution >= 0.6 is 0 Å². The van der Waals surface area contributed by atoms with Gasteiger partial charge < -0.3 is 14.9 Å². The average Bonchev–Trinajstić information content (AvgIpc) is 2.33. The highest BCUT2D eigenvalue weighted by Crippen LogP contribution is 2.13. The second kappa shape index (κ2) is 2.35. The minimum absolute atomic E-state index is 0.200. The van der Waals surface area contributed by atoms with Gasteiger partial charge in [0.15, 0.2) is 11.5 Å². The summed E-state index contributed by atoms with van der Waals surface area (Å²) < 4.78 is 9.74. The summed E-state index contributed by atoms with van der Waals surface area (Å²) in [6.07, 6.45) is 2.62. The van der Waals surface area contributed by atoms with Crippen LogP contribution in [0.3, 0.4) is 0 Å². The van der Waals surface area contributed by atoms with E-state index in [-0.39, 0.29) is 6.79 Å². The number of rotatable bonds is 2. The van der Waals surface area contributed by atoms with E-state index in [0.717, 1.165) is 6.21 Å². The first-order valence-corrected chi connectivity index (χ1v) is 2.51. The molecular formula is C6H7NO2. The molecular weight excluding hydrogens is 118 g/mol. The highest BCUT2D eigenvalue weighted by atomic mass is 16.7. The largest absolute Gasteiger partial charge is 0.454 e. The lowest BCUT2D eigenvalue weighted by molar-refractivity contribution is 0.0800. The third-order valence-corrected chi connectivity index (χ3v) is 0.988. The van der Waals surface area contributed by atoms with E-state index in [9.17, 15) is 0 Å². The SMILES string of the molecule is C=CC1=C(C=N)OCO1. The molecule has 3 heteroatoms. The summed E-state index contributed by atoms with van der Waals surface area (Å²) in [6, 6.07) is 0. The quantitative estimate of drug-likeness (QED) is 0.560. The van der Waals surface area contributed by atoms with Gasteiger partial charge in [0.1, 0.15) is 0 Å². The zero-order valence-corrected chi connectivity index (χ0v) is 4.89. The molecule has 1 N–H and O–H groups in total. The Morgan fingerprint density at radius 3 is 2.56 bits per heavy atom. The van der Waals surface area contributed by atoms with Crippen molar-refractivity contribution < 1.29 is 9.47 Å². The number of ether oxygens (including phenoxy) is 2. The van der Waals surface area contributed by atoms with Crippen molar-refractivity contribution >= 4 is 6.21 Å². The monoisotopic (exact) mass is 125 g/mol. The van der Waals surface area contributed by atoms with Crippen LogP contribution in [0.2, 0.25) is 0 Å². The van der Waals surface area contributed by atoms with E-state index in [0.29, 0.717) is 11.5 Å². The number of hydrogen-bond acceptors (Lipinski definition) is 3. The van der Waals surface area contributed by atoms with Gasteiger partial charge >= 0.3 is 0 Å². The Morgan fingerprint density at radius 1 is 1.44 bits per heavy atom. The lowest BCUT2D eigenvalue weighted by Crippen LogP contribution is -1.84. The Bertz CT molecular complexity index is 154. The highest BCUT2D eigenvalue weighted by molar-refractivity contribution is 5.74. The molecule has 1 aliphatic rings. The van der Waals surface area contributed by atoms with Gasteiger partial charge in [-0.3, -0.25) is 0 Å². The second-order valence-electron chi connectivity index (χ2n) is 1.48. The molecule has 0 aromatic carbocycles. The van der Waals surface area contributed by atoms with Crippen LogP contribution in [0.1, 0.15) is 0 Å². The first-order valence-electron chi connectivity index (χ1n) is 2.51. The standard InChI is InChI=1S/C6H7NO2/c1-2-5-6(3-7)9-4-8-5/h2-3,7H,1,4H2. The maximum Gasteiger partial charge on any atom is 0.231 e. The third-order valence-electron chi connectivity index (χ3n) is 0.988. The maximum atomic E-state index is 6.80. The minimum atomic E-state index is 0.200. The van der Waals surface area contributed by atoms with Gasteiger partial charge in [-0.15, -0.1) is 0 Å². The fourth-order valence-electron chi connectivity index (χ4n) is 0.571. The first kappa shape index (κ1) is 5.88. The Morgan fingerprint density at radius 2 is 2.11 bits per heavy atom. The molecule has 0 aliphatic carbocycles. The van der Waals surface area contributed by atoms with Crippen LogP contribution in [0, 0.1) is 5.41 Å². The van der Waals surface area contributed by atoms with Crippen LogP contribution in [-0.4, -0.2) is 13.0 Å². The van der Waals surface area contributed by atoms with Crippen LogP contribution in [0.15, 0.2) is 24.2 Å². The molecule has 1 heterocycles. The predicted octanol–water partition coefficient (Wildman–Crippen LogP) is 1.04. The minimum Gasteiger partial charge on any atom is -0.454 e. The molecule has 9 heavy (non-hydrogen) atoms. The first-order chi connectivity index (χ1) is 4.38. The average molecular weight is 125 g/mol. The van der Waals surface area contributed by atoms with E-state index in [1.54, 1.807) is 0 Å². The summed E-state index contributed by atoms with van der Waals surface area (Å²) in [4.78, 5) is 0. The van der Waals surface area contributed by atoms with E-state index in [2.05, 4.69) is 6.58 Å². The summed E-state index contributed by atoms with van der Waals surface area (Å²) in [5.74, 6) is 0.995. The van der Waals surface area contributed by atoms with Crippen molar-refractivity contribution in [1.82, 2.24) is 0 Å².